The number of rotatable bonds is 6. The predicted octanol–water partition coefficient (Wildman–Crippen LogP) is 3.78. The van der Waals surface area contributed by atoms with E-state index >= 15 is 0 Å². The van der Waals surface area contributed by atoms with Gasteiger partial charge in [-0.15, -0.1) is 0 Å². The maximum absolute atomic E-state index is 12.3. The first kappa shape index (κ1) is 19.4. The number of fused-ring (bicyclic) bond motifs is 1. The van der Waals surface area contributed by atoms with Gasteiger partial charge in [-0.25, -0.2) is 4.98 Å². The van der Waals surface area contributed by atoms with Crippen molar-refractivity contribution in [3.8, 4) is 11.1 Å². The Morgan fingerprint density at radius 1 is 0.967 bits per heavy atom. The second-order valence-electron chi connectivity index (χ2n) is 6.94. The number of hydrogen-bond acceptors (Lipinski definition) is 4. The van der Waals surface area contributed by atoms with Crippen molar-refractivity contribution in [3.05, 3.63) is 95.9 Å². The lowest BCUT2D eigenvalue weighted by Gasteiger charge is -2.07. The van der Waals surface area contributed by atoms with Crippen LogP contribution in [-0.2, 0) is 16.1 Å². The molecule has 4 rings (SSSR count). The first-order valence-electron chi connectivity index (χ1n) is 9.62. The van der Waals surface area contributed by atoms with Crippen molar-refractivity contribution in [3.63, 3.8) is 0 Å². The van der Waals surface area contributed by atoms with Crippen LogP contribution < -0.4 is 5.32 Å². The minimum absolute atomic E-state index is 0.0571. The van der Waals surface area contributed by atoms with E-state index < -0.39 is 5.97 Å². The van der Waals surface area contributed by atoms with Gasteiger partial charge in [-0.05, 0) is 41.8 Å². The van der Waals surface area contributed by atoms with Crippen molar-refractivity contribution >= 4 is 17.5 Å². The zero-order valence-electron chi connectivity index (χ0n) is 16.5. The second-order valence-corrected chi connectivity index (χ2v) is 6.94. The minimum Gasteiger partial charge on any atom is -0.458 e. The number of nitrogens with one attached hydrogen (secondary N) is 1. The number of benzene rings is 2. The molecule has 30 heavy (non-hydrogen) atoms. The quantitative estimate of drug-likeness (QED) is 0.501. The van der Waals surface area contributed by atoms with Gasteiger partial charge in [0.1, 0.15) is 18.8 Å². The summed E-state index contributed by atoms with van der Waals surface area (Å²) in [5, 5.41) is 2.59. The molecule has 0 fully saturated rings. The van der Waals surface area contributed by atoms with Crippen LogP contribution in [0.4, 0.5) is 0 Å². The molecule has 2 aromatic carbocycles. The van der Waals surface area contributed by atoms with E-state index in [1.54, 1.807) is 12.1 Å². The lowest BCUT2D eigenvalue weighted by atomic mass is 10.0. The van der Waals surface area contributed by atoms with Gasteiger partial charge in [-0.2, -0.15) is 0 Å². The molecule has 0 atom stereocenters. The number of aromatic nitrogens is 2. The highest BCUT2D eigenvalue weighted by atomic mass is 16.5. The number of pyridine rings is 1. The van der Waals surface area contributed by atoms with E-state index in [1.165, 1.54) is 0 Å². The van der Waals surface area contributed by atoms with E-state index in [1.807, 2.05) is 78.3 Å². The first-order chi connectivity index (χ1) is 14.6. The highest BCUT2D eigenvalue weighted by Crippen LogP contribution is 2.19. The third-order valence-corrected chi connectivity index (χ3v) is 4.76. The van der Waals surface area contributed by atoms with Gasteiger partial charge in [-0.1, -0.05) is 48.5 Å². The number of hydrogen-bond donors (Lipinski definition) is 1. The Hall–Kier alpha value is -3.93. The van der Waals surface area contributed by atoms with Crippen molar-refractivity contribution in [1.29, 1.82) is 0 Å². The van der Waals surface area contributed by atoms with E-state index in [9.17, 15) is 9.59 Å². The van der Waals surface area contributed by atoms with Crippen LogP contribution >= 0.6 is 0 Å². The van der Waals surface area contributed by atoms with Gasteiger partial charge in [0.05, 0.1) is 5.69 Å². The molecule has 150 valence electrons. The molecule has 6 heteroatoms. The van der Waals surface area contributed by atoms with Crippen LogP contribution in [0.15, 0.2) is 79.1 Å². The molecule has 1 amide bonds. The van der Waals surface area contributed by atoms with Crippen LogP contribution in [0.1, 0.15) is 21.6 Å². The zero-order valence-corrected chi connectivity index (χ0v) is 16.5. The molecule has 0 radical (unpaired) electrons. The molecule has 0 saturated heterocycles. The summed E-state index contributed by atoms with van der Waals surface area (Å²) in [6.07, 6.45) is 3.71. The Morgan fingerprint density at radius 3 is 2.43 bits per heavy atom. The van der Waals surface area contributed by atoms with Gasteiger partial charge < -0.3 is 14.5 Å². The van der Waals surface area contributed by atoms with Crippen LogP contribution in [0.3, 0.4) is 0 Å². The zero-order chi connectivity index (χ0) is 20.9. The number of amides is 1. The molecule has 2 heterocycles. The molecule has 0 aliphatic heterocycles. The monoisotopic (exact) mass is 399 g/mol. The van der Waals surface area contributed by atoms with Crippen molar-refractivity contribution in [2.45, 2.75) is 13.5 Å². The number of nitrogens with zero attached hydrogens (tertiary/aromatic N) is 2. The van der Waals surface area contributed by atoms with Gasteiger partial charge in [0.25, 0.3) is 5.91 Å². The average Bonchev–Trinajstić information content (AvgIpc) is 3.21. The molecule has 4 aromatic rings. The van der Waals surface area contributed by atoms with Gasteiger partial charge >= 0.3 is 5.97 Å². The second kappa shape index (κ2) is 8.61. The maximum atomic E-state index is 12.3. The normalized spacial score (nSPS) is 10.7. The van der Waals surface area contributed by atoms with Crippen LogP contribution in [0.5, 0.6) is 0 Å². The highest BCUT2D eigenvalue weighted by molar-refractivity contribution is 5.96. The fraction of sp³-hybridized carbons (Fsp3) is 0.125. The van der Waals surface area contributed by atoms with Gasteiger partial charge in [0.15, 0.2) is 0 Å². The van der Waals surface area contributed by atoms with Gasteiger partial charge in [0, 0.05) is 18.0 Å². The Labute approximate surface area is 174 Å². The van der Waals surface area contributed by atoms with Crippen molar-refractivity contribution in [2.24, 2.45) is 0 Å². The smallest absolute Gasteiger partial charge is 0.325 e. The largest absolute Gasteiger partial charge is 0.458 e. The van der Waals surface area contributed by atoms with Crippen LogP contribution in [0.25, 0.3) is 16.8 Å². The number of aryl methyl sites for hydroxylation is 1. The average molecular weight is 399 g/mol. The minimum atomic E-state index is -0.516. The van der Waals surface area contributed by atoms with Crippen LogP contribution in [0.2, 0.25) is 0 Å². The Kier molecular flexibility index (Phi) is 5.57. The molecule has 0 saturated carbocycles. The number of ether oxygens (including phenoxy) is 1. The van der Waals surface area contributed by atoms with Crippen molar-refractivity contribution in [1.82, 2.24) is 14.7 Å². The summed E-state index contributed by atoms with van der Waals surface area (Å²) in [4.78, 5) is 28.8. The molecular formula is C24H21N3O3. The molecule has 1 N–H and O–H groups in total. The molecule has 2 aromatic heterocycles. The van der Waals surface area contributed by atoms with E-state index in [0.29, 0.717) is 11.3 Å². The first-order valence-corrected chi connectivity index (χ1v) is 9.62. The summed E-state index contributed by atoms with van der Waals surface area (Å²) in [6.45, 7) is 1.83. The number of imidazole rings is 1. The predicted molar refractivity (Wildman–Crippen MR) is 114 cm³/mol. The summed E-state index contributed by atoms with van der Waals surface area (Å²) in [5.74, 6) is -0.840. The molecular weight excluding hydrogens is 378 g/mol. The summed E-state index contributed by atoms with van der Waals surface area (Å²) in [6, 6.07) is 21.1. The lowest BCUT2D eigenvalue weighted by molar-refractivity contribution is -0.143. The SMILES string of the molecule is Cc1cccn2cc(COC(=O)CNC(=O)c3ccc(-c4ccccc4)cc3)nc12. The molecule has 0 aliphatic rings. The summed E-state index contributed by atoms with van der Waals surface area (Å²) in [5.41, 5.74) is 5.11. The molecule has 0 unspecified atom stereocenters. The third kappa shape index (κ3) is 4.38. The third-order valence-electron chi connectivity index (χ3n) is 4.76. The van der Waals surface area contributed by atoms with E-state index in [-0.39, 0.29) is 19.1 Å². The van der Waals surface area contributed by atoms with Gasteiger partial charge in [0.2, 0.25) is 0 Å². The number of carbonyl (C=O) groups is 2. The summed E-state index contributed by atoms with van der Waals surface area (Å²) < 4.78 is 7.12. The van der Waals surface area contributed by atoms with Gasteiger partial charge in [-0.3, -0.25) is 9.59 Å². The summed E-state index contributed by atoms with van der Waals surface area (Å²) in [7, 11) is 0. The Morgan fingerprint density at radius 2 is 1.70 bits per heavy atom. The fourth-order valence-corrected chi connectivity index (χ4v) is 3.18. The topological polar surface area (TPSA) is 72.7 Å². The molecule has 6 nitrogen and oxygen atoms in total. The molecule has 0 spiro atoms. The van der Waals surface area contributed by atoms with Crippen LogP contribution in [0, 0.1) is 6.92 Å². The Bertz CT molecular complexity index is 1180. The van der Waals surface area contributed by atoms with E-state index in [2.05, 4.69) is 10.3 Å². The van der Waals surface area contributed by atoms with E-state index in [4.69, 9.17) is 4.74 Å². The standard InChI is InChI=1S/C24H21N3O3/c1-17-6-5-13-27-15-21(26-23(17)27)16-30-22(28)14-25-24(29)20-11-9-19(10-12-20)18-7-3-2-4-8-18/h2-13,15H,14,16H2,1H3,(H,25,29). The molecule has 0 bridgehead atoms. The summed E-state index contributed by atoms with van der Waals surface area (Å²) >= 11 is 0. The van der Waals surface area contributed by atoms with E-state index in [0.717, 1.165) is 22.3 Å². The highest BCUT2D eigenvalue weighted by Gasteiger charge is 2.11. The lowest BCUT2D eigenvalue weighted by Crippen LogP contribution is -2.30. The van der Waals surface area contributed by atoms with Crippen molar-refractivity contribution in [2.75, 3.05) is 6.54 Å². The van der Waals surface area contributed by atoms with Crippen LogP contribution in [-0.4, -0.2) is 27.8 Å². The maximum Gasteiger partial charge on any atom is 0.325 e. The fourth-order valence-electron chi connectivity index (χ4n) is 3.18. The molecule has 0 aliphatic carbocycles. The number of esters is 1. The van der Waals surface area contributed by atoms with Crippen molar-refractivity contribution < 1.29 is 14.3 Å². The Balaban J connectivity index is 1.29. The number of carbonyl (C=O) groups excluding carboxylic acids is 2.